The number of amides is 2. The second-order valence-corrected chi connectivity index (χ2v) is 12.4. The minimum absolute atomic E-state index is 0. The summed E-state index contributed by atoms with van der Waals surface area (Å²) in [6.07, 6.45) is 3.37. The molecular weight excluding hydrogens is 546 g/mol. The Morgan fingerprint density at radius 3 is 2.63 bits per heavy atom. The predicted molar refractivity (Wildman–Crippen MR) is 154 cm³/mol. The van der Waals surface area contributed by atoms with Gasteiger partial charge >= 0.3 is 0 Å². The summed E-state index contributed by atoms with van der Waals surface area (Å²) in [7, 11) is -3.78. The number of fused-ring (bicyclic) bond motifs is 1. The highest BCUT2D eigenvalue weighted by atomic mass is 35.5. The molecule has 3 heterocycles. The normalized spacial score (nSPS) is 16.8. The third-order valence-electron chi connectivity index (χ3n) is 6.98. The third kappa shape index (κ3) is 5.23. The van der Waals surface area contributed by atoms with Gasteiger partial charge in [0.25, 0.3) is 10.0 Å². The van der Waals surface area contributed by atoms with Crippen LogP contribution in [0.25, 0.3) is 0 Å². The standard InChI is InChI=1S/C26H28ClN5O4S2.2H2/c1-17-14-23-19(15-22(17)27)4-3-10-31(23)18(2)25(34)30-11-12-32(24(33)16-30)20-5-7-21(8-6-20)38(35,36)29-26-28-9-13-37-26;;/h5-9,13-15,18H,3-4,10-12,16H2,1-2H3,(H,28,29);2*1H/t18-;;/m1../s1. The number of aryl methyl sites for hydroxylation is 2. The van der Waals surface area contributed by atoms with Crippen LogP contribution in [0.5, 0.6) is 0 Å². The van der Waals surface area contributed by atoms with Crippen LogP contribution in [-0.4, -0.2) is 62.3 Å². The molecule has 0 bridgehead atoms. The fraction of sp³-hybridized carbons (Fsp3) is 0.346. The van der Waals surface area contributed by atoms with Crippen molar-refractivity contribution in [2.24, 2.45) is 0 Å². The zero-order valence-electron chi connectivity index (χ0n) is 21.1. The summed E-state index contributed by atoms with van der Waals surface area (Å²) in [5.41, 5.74) is 3.72. The van der Waals surface area contributed by atoms with Crippen molar-refractivity contribution in [3.05, 3.63) is 64.1 Å². The van der Waals surface area contributed by atoms with E-state index < -0.39 is 16.1 Å². The minimum atomic E-state index is -3.78. The molecule has 0 saturated carbocycles. The summed E-state index contributed by atoms with van der Waals surface area (Å²) in [5, 5.41) is 2.69. The first-order valence-corrected chi connectivity index (χ1v) is 15.1. The number of hydrogen-bond donors (Lipinski definition) is 1. The molecule has 9 nitrogen and oxygen atoms in total. The molecule has 1 aromatic heterocycles. The first kappa shape index (κ1) is 26.5. The highest BCUT2D eigenvalue weighted by molar-refractivity contribution is 7.93. The lowest BCUT2D eigenvalue weighted by Gasteiger charge is -2.40. The maximum atomic E-state index is 13.4. The Hall–Kier alpha value is -3.15. The van der Waals surface area contributed by atoms with Crippen molar-refractivity contribution in [1.29, 1.82) is 0 Å². The van der Waals surface area contributed by atoms with Gasteiger partial charge in [-0.15, -0.1) is 11.3 Å². The third-order valence-corrected chi connectivity index (χ3v) is 9.56. The van der Waals surface area contributed by atoms with E-state index in [2.05, 4.69) is 14.6 Å². The van der Waals surface area contributed by atoms with Gasteiger partial charge in [-0.1, -0.05) is 11.6 Å². The van der Waals surface area contributed by atoms with Gasteiger partial charge in [-0.2, -0.15) is 0 Å². The number of thiazole rings is 1. The van der Waals surface area contributed by atoms with E-state index >= 15 is 0 Å². The summed E-state index contributed by atoms with van der Waals surface area (Å²) in [5.74, 6) is -0.303. The van der Waals surface area contributed by atoms with Crippen molar-refractivity contribution in [3.63, 3.8) is 0 Å². The van der Waals surface area contributed by atoms with Crippen molar-refractivity contribution in [2.75, 3.05) is 40.7 Å². The van der Waals surface area contributed by atoms with Gasteiger partial charge < -0.3 is 14.7 Å². The zero-order valence-corrected chi connectivity index (χ0v) is 23.4. The Balaban J connectivity index is 0.00000220. The van der Waals surface area contributed by atoms with Crippen molar-refractivity contribution >= 4 is 61.3 Å². The highest BCUT2D eigenvalue weighted by Crippen LogP contribution is 2.34. The van der Waals surface area contributed by atoms with Crippen LogP contribution in [0.4, 0.5) is 16.5 Å². The number of carbonyl (C=O) groups excluding carboxylic acids is 2. The van der Waals surface area contributed by atoms with Crippen LogP contribution in [0.3, 0.4) is 0 Å². The predicted octanol–water partition coefficient (Wildman–Crippen LogP) is 4.41. The Labute approximate surface area is 234 Å². The fourth-order valence-electron chi connectivity index (χ4n) is 4.92. The molecule has 12 heteroatoms. The summed E-state index contributed by atoms with van der Waals surface area (Å²) < 4.78 is 27.6. The zero-order chi connectivity index (χ0) is 27.0. The molecule has 1 saturated heterocycles. The minimum Gasteiger partial charge on any atom is -0.360 e. The lowest BCUT2D eigenvalue weighted by molar-refractivity contribution is -0.137. The molecule has 2 amide bonds. The van der Waals surface area contributed by atoms with E-state index in [0.29, 0.717) is 18.8 Å². The number of nitrogens with zero attached hydrogens (tertiary/aromatic N) is 4. The molecule has 2 aliphatic heterocycles. The van der Waals surface area contributed by atoms with Crippen LogP contribution < -0.4 is 14.5 Å². The highest BCUT2D eigenvalue weighted by Gasteiger charge is 2.34. The van der Waals surface area contributed by atoms with Crippen LogP contribution in [0, 0.1) is 6.92 Å². The number of sulfonamides is 1. The maximum Gasteiger partial charge on any atom is 0.263 e. The lowest BCUT2D eigenvalue weighted by atomic mass is 9.98. The van der Waals surface area contributed by atoms with Gasteiger partial charge in [-0.3, -0.25) is 14.3 Å². The Morgan fingerprint density at radius 2 is 1.95 bits per heavy atom. The van der Waals surface area contributed by atoms with E-state index in [1.807, 2.05) is 26.0 Å². The molecule has 204 valence electrons. The summed E-state index contributed by atoms with van der Waals surface area (Å²) in [6.45, 7) is 5.29. The number of anilines is 3. The van der Waals surface area contributed by atoms with E-state index in [1.54, 1.807) is 27.3 Å². The van der Waals surface area contributed by atoms with Gasteiger partial charge in [0, 0.05) is 50.5 Å². The number of halogens is 1. The van der Waals surface area contributed by atoms with Crippen LogP contribution in [0.1, 0.15) is 27.3 Å². The van der Waals surface area contributed by atoms with E-state index in [-0.39, 0.29) is 31.2 Å². The molecule has 2 aliphatic rings. The second kappa shape index (κ2) is 10.5. The Kier molecular flexibility index (Phi) is 7.34. The van der Waals surface area contributed by atoms with Gasteiger partial charge in [-0.25, -0.2) is 13.4 Å². The first-order valence-electron chi connectivity index (χ1n) is 12.3. The van der Waals surface area contributed by atoms with Crippen LogP contribution >= 0.6 is 22.9 Å². The molecule has 5 rings (SSSR count). The molecular formula is C26H32ClN5O4S2. The molecule has 0 spiro atoms. The molecule has 38 heavy (non-hydrogen) atoms. The molecule has 1 atom stereocenters. The van der Waals surface area contributed by atoms with Gasteiger partial charge in [-0.05, 0) is 74.2 Å². The molecule has 1 N–H and O–H groups in total. The summed E-state index contributed by atoms with van der Waals surface area (Å²) >= 11 is 7.51. The smallest absolute Gasteiger partial charge is 0.263 e. The summed E-state index contributed by atoms with van der Waals surface area (Å²) in [6, 6.07) is 9.74. The quantitative estimate of drug-likeness (QED) is 0.465. The molecule has 1 fully saturated rings. The number of hydrogen-bond acceptors (Lipinski definition) is 7. The number of piperazine rings is 1. The van der Waals surface area contributed by atoms with Gasteiger partial charge in [0.15, 0.2) is 5.13 Å². The van der Waals surface area contributed by atoms with Gasteiger partial charge in [0.1, 0.15) is 12.6 Å². The van der Waals surface area contributed by atoms with Gasteiger partial charge in [0.2, 0.25) is 11.8 Å². The average Bonchev–Trinajstić information content (AvgIpc) is 3.40. The average molecular weight is 578 g/mol. The number of aromatic nitrogens is 1. The molecule has 3 aromatic rings. The second-order valence-electron chi connectivity index (χ2n) is 9.44. The Morgan fingerprint density at radius 1 is 1.18 bits per heavy atom. The molecule has 0 unspecified atom stereocenters. The van der Waals surface area contributed by atoms with Crippen LogP contribution in [0.2, 0.25) is 5.02 Å². The monoisotopic (exact) mass is 577 g/mol. The topological polar surface area (TPSA) is 103 Å². The largest absolute Gasteiger partial charge is 0.360 e. The Bertz CT molecular complexity index is 1470. The van der Waals surface area contributed by atoms with Crippen molar-refractivity contribution in [2.45, 2.75) is 37.6 Å². The lowest BCUT2D eigenvalue weighted by Crippen LogP contribution is -2.57. The van der Waals surface area contributed by atoms with E-state index in [1.165, 1.54) is 29.7 Å². The van der Waals surface area contributed by atoms with Crippen LogP contribution in [0.15, 0.2) is 52.9 Å². The first-order chi connectivity index (χ1) is 18.1. The van der Waals surface area contributed by atoms with E-state index in [9.17, 15) is 18.0 Å². The molecule has 0 radical (unpaired) electrons. The summed E-state index contributed by atoms with van der Waals surface area (Å²) in [4.78, 5) is 35.8. The number of carbonyl (C=O) groups is 2. The van der Waals surface area contributed by atoms with E-state index in [4.69, 9.17) is 11.6 Å². The van der Waals surface area contributed by atoms with Crippen LogP contribution in [-0.2, 0) is 26.0 Å². The SMILES string of the molecule is Cc1cc2c(cc1Cl)CCCN2[C@H](C)C(=O)N1CCN(c2ccc(S(=O)(=O)Nc3nccs3)cc2)C(=O)C1.[HH].[HH]. The number of rotatable bonds is 6. The number of benzene rings is 2. The van der Waals surface area contributed by atoms with Crippen molar-refractivity contribution in [1.82, 2.24) is 9.88 Å². The fourth-order valence-corrected chi connectivity index (χ4v) is 6.90. The number of nitrogens with one attached hydrogen (secondary N) is 1. The molecule has 0 aliphatic carbocycles. The maximum absolute atomic E-state index is 13.4. The van der Waals surface area contributed by atoms with E-state index in [0.717, 1.165) is 41.2 Å². The van der Waals surface area contributed by atoms with Crippen molar-refractivity contribution in [3.8, 4) is 0 Å². The van der Waals surface area contributed by atoms with Gasteiger partial charge in [0.05, 0.1) is 4.90 Å². The molecule has 2 aromatic carbocycles. The van der Waals surface area contributed by atoms with Crippen molar-refractivity contribution < 1.29 is 20.9 Å².